The fourth-order valence-corrected chi connectivity index (χ4v) is 2.48. The van der Waals surface area contributed by atoms with Gasteiger partial charge in [0.25, 0.3) is 0 Å². The van der Waals surface area contributed by atoms with E-state index in [9.17, 15) is 3.89 Å². The average Bonchev–Trinajstić information content (AvgIpc) is 2.80. The van der Waals surface area contributed by atoms with Crippen molar-refractivity contribution in [2.24, 2.45) is 0 Å². The average molecular weight is 315 g/mol. The molecule has 8 heteroatoms. The van der Waals surface area contributed by atoms with Gasteiger partial charge in [0.2, 0.25) is 5.28 Å². The number of rotatable bonds is 2. The number of halogens is 3. The monoisotopic (exact) mass is 314 g/mol. The molecule has 2 aromatic heterocycles. The Kier molecular flexibility index (Phi) is 3.30. The molecular weight excluding hydrogens is 310 g/mol. The first-order valence-electron chi connectivity index (χ1n) is 5.16. The number of aromatic nitrogens is 4. The minimum Gasteiger partial charge on any atom is -0.225 e. The van der Waals surface area contributed by atoms with Gasteiger partial charge in [0.05, 0.1) is 16.7 Å². The van der Waals surface area contributed by atoms with Crippen LogP contribution in [0.4, 0.5) is 3.89 Å². The number of nitrogens with zero attached hydrogens (tertiary/aromatic N) is 4. The van der Waals surface area contributed by atoms with Crippen molar-refractivity contribution in [1.82, 2.24) is 19.2 Å². The van der Waals surface area contributed by atoms with Gasteiger partial charge >= 0.3 is 0 Å². The quantitative estimate of drug-likeness (QED) is 0.665. The number of benzene rings is 1. The summed E-state index contributed by atoms with van der Waals surface area (Å²) >= 11 is 11.8. The molecule has 1 aromatic carbocycles. The van der Waals surface area contributed by atoms with E-state index in [1.807, 2.05) is 18.2 Å². The van der Waals surface area contributed by atoms with E-state index < -0.39 is 0 Å². The van der Waals surface area contributed by atoms with Crippen LogP contribution in [-0.2, 0) is 0 Å². The maximum atomic E-state index is 13.0. The first-order chi connectivity index (χ1) is 9.20. The Balaban J connectivity index is 2.37. The predicted octanol–water partition coefficient (Wildman–Crippen LogP) is 4.18. The molecule has 0 aliphatic carbocycles. The van der Waals surface area contributed by atoms with Crippen LogP contribution < -0.4 is 0 Å². The molecule has 0 atom stereocenters. The van der Waals surface area contributed by atoms with Crippen LogP contribution in [0.2, 0.25) is 10.3 Å². The molecule has 0 fully saturated rings. The highest BCUT2D eigenvalue weighted by atomic mass is 35.5. The van der Waals surface area contributed by atoms with Gasteiger partial charge < -0.3 is 0 Å². The second kappa shape index (κ2) is 4.96. The lowest BCUT2D eigenvalue weighted by Crippen LogP contribution is -1.95. The van der Waals surface area contributed by atoms with Gasteiger partial charge in [-0.1, -0.05) is 29.8 Å². The summed E-state index contributed by atoms with van der Waals surface area (Å²) < 4.78 is 14.2. The van der Waals surface area contributed by atoms with Crippen molar-refractivity contribution in [3.05, 3.63) is 40.8 Å². The second-order valence-electron chi connectivity index (χ2n) is 3.64. The minimum atomic E-state index is -0.0260. The molecule has 96 valence electrons. The number of hydrogen-bond donors (Lipinski definition) is 0. The molecule has 0 aliphatic heterocycles. The molecule has 0 aliphatic rings. The van der Waals surface area contributed by atoms with Crippen LogP contribution in [0.3, 0.4) is 0 Å². The van der Waals surface area contributed by atoms with Gasteiger partial charge in [-0.25, -0.2) is 9.97 Å². The van der Waals surface area contributed by atoms with Gasteiger partial charge in [0.1, 0.15) is 11.4 Å². The first kappa shape index (κ1) is 12.7. The molecular formula is C11H5Cl2FN4S. The third-order valence-electron chi connectivity index (χ3n) is 2.55. The molecule has 2 heterocycles. The Morgan fingerprint density at radius 3 is 2.79 bits per heavy atom. The van der Waals surface area contributed by atoms with E-state index in [2.05, 4.69) is 15.1 Å². The van der Waals surface area contributed by atoms with Gasteiger partial charge in [-0.05, 0) is 17.7 Å². The van der Waals surface area contributed by atoms with E-state index in [1.54, 1.807) is 6.07 Å². The predicted molar refractivity (Wildman–Crippen MR) is 74.9 cm³/mol. The summed E-state index contributed by atoms with van der Waals surface area (Å²) in [5.41, 5.74) is 1.45. The molecule has 3 rings (SSSR count). The van der Waals surface area contributed by atoms with Gasteiger partial charge in [-0.3, -0.25) is 0 Å². The van der Waals surface area contributed by atoms with Crippen molar-refractivity contribution in [1.29, 1.82) is 0 Å². The molecule has 3 aromatic rings. The van der Waals surface area contributed by atoms with E-state index >= 15 is 0 Å². The van der Waals surface area contributed by atoms with Crippen LogP contribution in [0.15, 0.2) is 30.5 Å². The fraction of sp³-hybridized carbons (Fsp3) is 0. The van der Waals surface area contributed by atoms with Crippen molar-refractivity contribution in [2.45, 2.75) is 0 Å². The molecule has 0 spiro atoms. The highest BCUT2D eigenvalue weighted by molar-refractivity contribution is 7.92. The van der Waals surface area contributed by atoms with Crippen LogP contribution >= 0.6 is 35.5 Å². The summed E-state index contributed by atoms with van der Waals surface area (Å²) in [6.45, 7) is 0. The van der Waals surface area contributed by atoms with Crippen LogP contribution in [0.1, 0.15) is 0 Å². The van der Waals surface area contributed by atoms with Crippen LogP contribution in [0.25, 0.3) is 22.3 Å². The van der Waals surface area contributed by atoms with Crippen molar-refractivity contribution >= 4 is 46.4 Å². The van der Waals surface area contributed by atoms with Crippen molar-refractivity contribution in [3.8, 4) is 11.4 Å². The zero-order valence-corrected chi connectivity index (χ0v) is 11.5. The summed E-state index contributed by atoms with van der Waals surface area (Å²) in [6, 6.07) is 7.25. The van der Waals surface area contributed by atoms with E-state index in [1.165, 1.54) is 6.20 Å². The van der Waals surface area contributed by atoms with Crippen molar-refractivity contribution in [2.75, 3.05) is 0 Å². The molecule has 0 bridgehead atoms. The van der Waals surface area contributed by atoms with Gasteiger partial charge in [-0.15, -0.1) is 3.89 Å². The largest absolute Gasteiger partial charge is 0.225 e. The lowest BCUT2D eigenvalue weighted by molar-refractivity contribution is 0.884. The van der Waals surface area contributed by atoms with E-state index in [-0.39, 0.29) is 22.6 Å². The summed E-state index contributed by atoms with van der Waals surface area (Å²) in [4.78, 5) is 7.83. The Morgan fingerprint density at radius 2 is 2.00 bits per heavy atom. The Labute approximate surface area is 122 Å². The fourth-order valence-electron chi connectivity index (χ4n) is 1.79. The maximum Gasteiger partial charge on any atom is 0.223 e. The molecule has 0 saturated carbocycles. The van der Waals surface area contributed by atoms with Crippen molar-refractivity contribution < 1.29 is 3.89 Å². The summed E-state index contributed by atoms with van der Waals surface area (Å²) in [5, 5.41) is 5.19. The van der Waals surface area contributed by atoms with Crippen molar-refractivity contribution in [3.63, 3.8) is 0 Å². The highest BCUT2D eigenvalue weighted by Crippen LogP contribution is 2.34. The van der Waals surface area contributed by atoms with Crippen LogP contribution in [0, 0.1) is 0 Å². The third-order valence-corrected chi connectivity index (χ3v) is 3.41. The van der Waals surface area contributed by atoms with E-state index in [4.69, 9.17) is 23.2 Å². The van der Waals surface area contributed by atoms with Gasteiger partial charge in [-0.2, -0.15) is 9.19 Å². The topological polar surface area (TPSA) is 43.6 Å². The standard InChI is InChI=1S/C11H5Cl2FN4S/c12-7-5-15-11(13)16-9(7)10-6-3-1-2-4-8(6)17-18(10)19-14/h1-5H. The summed E-state index contributed by atoms with van der Waals surface area (Å²) in [6.07, 6.45) is 1.38. The molecule has 0 amide bonds. The Morgan fingerprint density at radius 1 is 1.21 bits per heavy atom. The second-order valence-corrected chi connectivity index (χ2v) is 4.87. The molecule has 0 saturated heterocycles. The smallest absolute Gasteiger partial charge is 0.223 e. The third kappa shape index (κ3) is 2.16. The summed E-state index contributed by atoms with van der Waals surface area (Å²) in [5.74, 6) is 0. The Hall–Kier alpha value is -1.37. The zero-order valence-electron chi connectivity index (χ0n) is 9.22. The van der Waals surface area contributed by atoms with Gasteiger partial charge in [0.15, 0.2) is 12.3 Å². The molecule has 4 nitrogen and oxygen atoms in total. The zero-order chi connectivity index (χ0) is 13.4. The van der Waals surface area contributed by atoms with Crippen LogP contribution in [0.5, 0.6) is 0 Å². The molecule has 0 N–H and O–H groups in total. The Bertz CT molecular complexity index is 762. The minimum absolute atomic E-state index is 0.0260. The van der Waals surface area contributed by atoms with E-state index in [0.717, 1.165) is 9.47 Å². The molecule has 19 heavy (non-hydrogen) atoms. The first-order valence-corrected chi connectivity index (χ1v) is 6.59. The summed E-state index contributed by atoms with van der Waals surface area (Å²) in [7, 11) is 0. The lowest BCUT2D eigenvalue weighted by Gasteiger charge is -2.04. The van der Waals surface area contributed by atoms with E-state index in [0.29, 0.717) is 16.9 Å². The van der Waals surface area contributed by atoms with Gasteiger partial charge in [0, 0.05) is 5.39 Å². The number of fused-ring (bicyclic) bond motifs is 1. The lowest BCUT2D eigenvalue weighted by atomic mass is 10.1. The SMILES string of the molecule is FSn1nc2ccccc2c1-c1nc(Cl)ncc1Cl. The normalized spacial score (nSPS) is 11.1. The maximum absolute atomic E-state index is 13.0. The number of hydrogen-bond acceptors (Lipinski definition) is 4. The molecule has 0 radical (unpaired) electrons. The van der Waals surface area contributed by atoms with Crippen LogP contribution in [-0.4, -0.2) is 19.2 Å². The molecule has 0 unspecified atom stereocenters. The highest BCUT2D eigenvalue weighted by Gasteiger charge is 2.18.